The molecule has 2 aliphatic heterocycles. The number of aliphatic carboxylic acids is 1. The third-order valence-electron chi connectivity index (χ3n) is 6.10. The van der Waals surface area contributed by atoms with E-state index < -0.39 is 5.97 Å². The molecule has 0 bridgehead atoms. The van der Waals surface area contributed by atoms with Crippen LogP contribution in [0.3, 0.4) is 0 Å². The molecule has 0 aliphatic carbocycles. The predicted octanol–water partition coefficient (Wildman–Crippen LogP) is 3.00. The van der Waals surface area contributed by atoms with Crippen LogP contribution in [0, 0.1) is 6.92 Å². The maximum atomic E-state index is 12.4. The topological polar surface area (TPSA) is 113 Å². The fourth-order valence-corrected chi connectivity index (χ4v) is 4.40. The largest absolute Gasteiger partial charge is 0.481 e. The molecule has 0 aromatic carbocycles. The van der Waals surface area contributed by atoms with E-state index in [1.807, 2.05) is 24.1 Å². The van der Waals surface area contributed by atoms with Crippen LogP contribution in [0.25, 0.3) is 11.3 Å². The zero-order chi connectivity index (χ0) is 21.8. The van der Waals surface area contributed by atoms with Crippen LogP contribution >= 0.6 is 0 Å². The van der Waals surface area contributed by atoms with Gasteiger partial charge in [-0.3, -0.25) is 9.59 Å². The van der Waals surface area contributed by atoms with Gasteiger partial charge < -0.3 is 19.4 Å². The molecule has 2 aliphatic rings. The Balaban J connectivity index is 1.49. The molecule has 0 unspecified atom stereocenters. The number of likely N-dealkylation sites (tertiary alicyclic amines) is 1. The summed E-state index contributed by atoms with van der Waals surface area (Å²) in [7, 11) is 0. The van der Waals surface area contributed by atoms with Crippen molar-refractivity contribution >= 4 is 17.8 Å². The van der Waals surface area contributed by atoms with Crippen molar-refractivity contribution in [2.45, 2.75) is 57.8 Å². The van der Waals surface area contributed by atoms with Crippen molar-refractivity contribution in [3.05, 3.63) is 23.7 Å². The molecule has 1 N–H and O–H groups in total. The molecule has 2 fully saturated rings. The smallest absolute Gasteiger partial charge is 0.303 e. The highest BCUT2D eigenvalue weighted by atomic mass is 16.5. The number of piperidine rings is 1. The molecule has 0 radical (unpaired) electrons. The number of amides is 1. The lowest BCUT2D eigenvalue weighted by atomic mass is 9.90. The van der Waals surface area contributed by atoms with E-state index in [0.717, 1.165) is 61.7 Å². The molecular weight excluding hydrogens is 398 g/mol. The van der Waals surface area contributed by atoms with Crippen molar-refractivity contribution in [1.29, 1.82) is 0 Å². The molecule has 0 spiro atoms. The SMILES string of the molecule is Cc1cc(-c2cnc(N3CCCC3)nc2C2CCN(C(=O)CCCC(=O)O)CC2)on1. The number of carbonyl (C=O) groups is 2. The number of rotatable bonds is 7. The fourth-order valence-electron chi connectivity index (χ4n) is 4.40. The number of hydrogen-bond acceptors (Lipinski definition) is 7. The highest BCUT2D eigenvalue weighted by Gasteiger charge is 2.29. The quantitative estimate of drug-likeness (QED) is 0.717. The summed E-state index contributed by atoms with van der Waals surface area (Å²) in [6, 6.07) is 1.90. The van der Waals surface area contributed by atoms with Gasteiger partial charge in [0.05, 0.1) is 17.0 Å². The zero-order valence-electron chi connectivity index (χ0n) is 17.9. The minimum absolute atomic E-state index is 0.0301. The summed E-state index contributed by atoms with van der Waals surface area (Å²) in [6.07, 6.45) is 6.47. The molecule has 9 nitrogen and oxygen atoms in total. The summed E-state index contributed by atoms with van der Waals surface area (Å²) < 4.78 is 5.51. The highest BCUT2D eigenvalue weighted by Crippen LogP contribution is 2.35. The van der Waals surface area contributed by atoms with Gasteiger partial charge >= 0.3 is 5.97 Å². The van der Waals surface area contributed by atoms with Gasteiger partial charge in [-0.2, -0.15) is 0 Å². The molecular formula is C22H29N5O4. The van der Waals surface area contributed by atoms with Crippen LogP contribution in [0.4, 0.5) is 5.95 Å². The van der Waals surface area contributed by atoms with E-state index in [2.05, 4.69) is 15.0 Å². The molecule has 1 amide bonds. The van der Waals surface area contributed by atoms with E-state index >= 15 is 0 Å². The van der Waals surface area contributed by atoms with Crippen molar-refractivity contribution in [3.63, 3.8) is 0 Å². The minimum atomic E-state index is -0.862. The van der Waals surface area contributed by atoms with Gasteiger partial charge in [-0.05, 0) is 39.0 Å². The van der Waals surface area contributed by atoms with Crippen LogP contribution in [0.5, 0.6) is 0 Å². The Morgan fingerprint density at radius 2 is 1.90 bits per heavy atom. The molecule has 31 heavy (non-hydrogen) atoms. The predicted molar refractivity (Wildman–Crippen MR) is 114 cm³/mol. The third-order valence-corrected chi connectivity index (χ3v) is 6.10. The van der Waals surface area contributed by atoms with E-state index in [1.165, 1.54) is 0 Å². The number of nitrogens with zero attached hydrogens (tertiary/aromatic N) is 5. The number of aryl methyl sites for hydroxylation is 1. The van der Waals surface area contributed by atoms with Gasteiger partial charge in [0.2, 0.25) is 11.9 Å². The van der Waals surface area contributed by atoms with E-state index in [4.69, 9.17) is 14.6 Å². The van der Waals surface area contributed by atoms with E-state index in [-0.39, 0.29) is 24.7 Å². The van der Waals surface area contributed by atoms with Gasteiger partial charge in [0, 0.05) is 57.2 Å². The standard InChI is InChI=1S/C22H29N5O4/c1-15-13-18(31-25-15)17-14-23-22(27-9-2-3-10-27)24-21(17)16-7-11-26(12-8-16)19(28)5-4-6-20(29)30/h13-14,16H,2-12H2,1H3,(H,29,30). The zero-order valence-corrected chi connectivity index (χ0v) is 17.9. The van der Waals surface area contributed by atoms with Crippen molar-refractivity contribution in [2.24, 2.45) is 0 Å². The first-order valence-corrected chi connectivity index (χ1v) is 11.1. The first kappa shape index (κ1) is 21.3. The van der Waals surface area contributed by atoms with E-state index in [1.54, 1.807) is 0 Å². The lowest BCUT2D eigenvalue weighted by Gasteiger charge is -2.32. The monoisotopic (exact) mass is 427 g/mol. The maximum Gasteiger partial charge on any atom is 0.303 e. The lowest BCUT2D eigenvalue weighted by molar-refractivity contribution is -0.137. The molecule has 2 aromatic heterocycles. The van der Waals surface area contributed by atoms with Crippen molar-refractivity contribution in [2.75, 3.05) is 31.1 Å². The number of aromatic nitrogens is 3. The number of hydrogen-bond donors (Lipinski definition) is 1. The summed E-state index contributed by atoms with van der Waals surface area (Å²) in [4.78, 5) is 36.7. The summed E-state index contributed by atoms with van der Waals surface area (Å²) in [5.41, 5.74) is 2.65. The highest BCUT2D eigenvalue weighted by molar-refractivity contribution is 5.77. The van der Waals surface area contributed by atoms with Crippen LogP contribution in [-0.4, -0.2) is 63.2 Å². The van der Waals surface area contributed by atoms with Gasteiger partial charge in [-0.25, -0.2) is 9.97 Å². The van der Waals surface area contributed by atoms with Crippen LogP contribution in [0.1, 0.15) is 62.3 Å². The molecule has 0 saturated carbocycles. The van der Waals surface area contributed by atoms with Gasteiger partial charge in [-0.15, -0.1) is 0 Å². The second kappa shape index (κ2) is 9.45. The first-order chi connectivity index (χ1) is 15.0. The molecule has 0 atom stereocenters. The number of carbonyl (C=O) groups excluding carboxylic acids is 1. The van der Waals surface area contributed by atoms with Gasteiger partial charge in [-0.1, -0.05) is 5.16 Å². The minimum Gasteiger partial charge on any atom is -0.481 e. The second-order valence-electron chi connectivity index (χ2n) is 8.40. The molecule has 4 rings (SSSR count). The molecule has 2 saturated heterocycles. The van der Waals surface area contributed by atoms with Crippen LogP contribution < -0.4 is 4.90 Å². The van der Waals surface area contributed by atoms with Crippen LogP contribution in [0.15, 0.2) is 16.8 Å². The lowest BCUT2D eigenvalue weighted by Crippen LogP contribution is -2.38. The average molecular weight is 428 g/mol. The Morgan fingerprint density at radius 1 is 1.16 bits per heavy atom. The summed E-state index contributed by atoms with van der Waals surface area (Å²) in [5, 5.41) is 12.8. The Bertz CT molecular complexity index is 930. The Kier molecular flexibility index (Phi) is 6.48. The van der Waals surface area contributed by atoms with Gasteiger partial charge in [0.15, 0.2) is 5.76 Å². The Morgan fingerprint density at radius 3 is 2.55 bits per heavy atom. The fraction of sp³-hybridized carbons (Fsp3) is 0.591. The Hall–Kier alpha value is -2.97. The first-order valence-electron chi connectivity index (χ1n) is 11.1. The number of anilines is 1. The number of carboxylic acid groups (broad SMARTS) is 1. The maximum absolute atomic E-state index is 12.4. The average Bonchev–Trinajstić information content (AvgIpc) is 3.45. The summed E-state index contributed by atoms with van der Waals surface area (Å²) in [6.45, 7) is 5.14. The molecule has 4 heterocycles. The number of carboxylic acids is 1. The molecule has 9 heteroatoms. The normalized spacial score (nSPS) is 17.3. The summed E-state index contributed by atoms with van der Waals surface area (Å²) in [5.74, 6) is 0.811. The van der Waals surface area contributed by atoms with Crippen molar-refractivity contribution in [1.82, 2.24) is 20.0 Å². The Labute approximate surface area is 181 Å². The van der Waals surface area contributed by atoms with Crippen molar-refractivity contribution in [3.8, 4) is 11.3 Å². The van der Waals surface area contributed by atoms with E-state index in [9.17, 15) is 9.59 Å². The van der Waals surface area contributed by atoms with Crippen LogP contribution in [0.2, 0.25) is 0 Å². The molecule has 2 aromatic rings. The third kappa shape index (κ3) is 5.03. The summed E-state index contributed by atoms with van der Waals surface area (Å²) >= 11 is 0. The van der Waals surface area contributed by atoms with E-state index in [0.29, 0.717) is 25.3 Å². The second-order valence-corrected chi connectivity index (χ2v) is 8.40. The molecule has 166 valence electrons. The van der Waals surface area contributed by atoms with Crippen LogP contribution in [-0.2, 0) is 9.59 Å². The van der Waals surface area contributed by atoms with Crippen molar-refractivity contribution < 1.29 is 19.2 Å². The van der Waals surface area contributed by atoms with Gasteiger partial charge in [0.25, 0.3) is 0 Å². The van der Waals surface area contributed by atoms with Gasteiger partial charge in [0.1, 0.15) is 0 Å².